The molecule has 0 saturated carbocycles. The highest BCUT2D eigenvalue weighted by Crippen LogP contribution is 2.27. The molecule has 0 fully saturated rings. The van der Waals surface area contributed by atoms with Crippen LogP contribution in [0.25, 0.3) is 11.5 Å². The molecule has 1 amide bonds. The predicted octanol–water partition coefficient (Wildman–Crippen LogP) is 2.01. The molecule has 3 heterocycles. The molecule has 4 rings (SSSR count). The third kappa shape index (κ3) is 3.06. The fraction of sp³-hybridized carbons (Fsp3) is 0.278. The highest BCUT2D eigenvalue weighted by atomic mass is 16.5. The summed E-state index contributed by atoms with van der Waals surface area (Å²) in [6, 6.07) is 11.7. The lowest BCUT2D eigenvalue weighted by Crippen LogP contribution is -2.33. The number of fused-ring (bicyclic) bond motifs is 1. The van der Waals surface area contributed by atoms with Crippen molar-refractivity contribution in [3.8, 4) is 11.5 Å². The van der Waals surface area contributed by atoms with E-state index in [1.54, 1.807) is 0 Å². The first-order valence-electron chi connectivity index (χ1n) is 8.14. The van der Waals surface area contributed by atoms with Gasteiger partial charge >= 0.3 is 0 Å². The molecule has 25 heavy (non-hydrogen) atoms. The van der Waals surface area contributed by atoms with Crippen LogP contribution < -0.4 is 5.32 Å². The molecule has 2 aromatic heterocycles. The van der Waals surface area contributed by atoms with Crippen molar-refractivity contribution in [2.75, 3.05) is 6.61 Å². The molecule has 1 N–H and O–H groups in total. The average Bonchev–Trinajstić information content (AvgIpc) is 3.27. The van der Waals surface area contributed by atoms with Crippen LogP contribution in [0.5, 0.6) is 0 Å². The van der Waals surface area contributed by atoms with Gasteiger partial charge in [-0.3, -0.25) is 4.79 Å². The SMILES string of the molecule is Cn1cccc1-c1noc(CNC(=O)C2OCCc3ccccc32)n1. The van der Waals surface area contributed by atoms with Crippen molar-refractivity contribution < 1.29 is 14.1 Å². The number of ether oxygens (including phenoxy) is 1. The lowest BCUT2D eigenvalue weighted by molar-refractivity contribution is -0.134. The van der Waals surface area contributed by atoms with Gasteiger partial charge in [-0.1, -0.05) is 29.4 Å². The van der Waals surface area contributed by atoms with E-state index in [1.165, 1.54) is 0 Å². The topological polar surface area (TPSA) is 82.2 Å². The minimum absolute atomic E-state index is 0.165. The number of amides is 1. The van der Waals surface area contributed by atoms with Crippen LogP contribution in [0.1, 0.15) is 23.1 Å². The summed E-state index contributed by atoms with van der Waals surface area (Å²) in [5.74, 6) is 0.649. The maximum absolute atomic E-state index is 12.5. The smallest absolute Gasteiger partial charge is 0.254 e. The summed E-state index contributed by atoms with van der Waals surface area (Å²) in [5.41, 5.74) is 2.92. The predicted molar refractivity (Wildman–Crippen MR) is 89.4 cm³/mol. The van der Waals surface area contributed by atoms with Crippen LogP contribution in [-0.4, -0.2) is 27.2 Å². The Labute approximate surface area is 144 Å². The first-order chi connectivity index (χ1) is 12.2. The number of rotatable bonds is 4. The largest absolute Gasteiger partial charge is 0.363 e. The van der Waals surface area contributed by atoms with E-state index in [2.05, 4.69) is 15.5 Å². The summed E-state index contributed by atoms with van der Waals surface area (Å²) in [5, 5.41) is 6.77. The zero-order valence-corrected chi connectivity index (χ0v) is 13.8. The van der Waals surface area contributed by atoms with Gasteiger partial charge in [0.05, 0.1) is 18.8 Å². The van der Waals surface area contributed by atoms with Gasteiger partial charge in [0.1, 0.15) is 0 Å². The van der Waals surface area contributed by atoms with Gasteiger partial charge in [-0.05, 0) is 29.7 Å². The number of nitrogens with one attached hydrogen (secondary N) is 1. The second kappa shape index (κ2) is 6.52. The molecule has 1 aliphatic rings. The lowest BCUT2D eigenvalue weighted by Gasteiger charge is -2.24. The second-order valence-electron chi connectivity index (χ2n) is 5.93. The van der Waals surface area contributed by atoms with E-state index < -0.39 is 6.10 Å². The van der Waals surface area contributed by atoms with Gasteiger partial charge in [0.2, 0.25) is 11.7 Å². The van der Waals surface area contributed by atoms with Gasteiger partial charge < -0.3 is 19.1 Å². The van der Waals surface area contributed by atoms with Gasteiger partial charge in [0, 0.05) is 13.2 Å². The molecule has 0 spiro atoms. The summed E-state index contributed by atoms with van der Waals surface area (Å²) >= 11 is 0. The van der Waals surface area contributed by atoms with Gasteiger partial charge in [-0.25, -0.2) is 0 Å². The third-order valence-electron chi connectivity index (χ3n) is 4.29. The summed E-state index contributed by atoms with van der Waals surface area (Å²) in [7, 11) is 1.91. The molecule has 0 saturated heterocycles. The highest BCUT2D eigenvalue weighted by Gasteiger charge is 2.27. The molecule has 0 aliphatic carbocycles. The average molecular weight is 338 g/mol. The summed E-state index contributed by atoms with van der Waals surface area (Å²) in [6.45, 7) is 0.700. The van der Waals surface area contributed by atoms with Crippen molar-refractivity contribution in [3.63, 3.8) is 0 Å². The Bertz CT molecular complexity index is 899. The normalized spacial score (nSPS) is 16.4. The molecule has 7 heteroatoms. The summed E-state index contributed by atoms with van der Waals surface area (Å²) < 4.78 is 12.8. The molecule has 0 bridgehead atoms. The summed E-state index contributed by atoms with van der Waals surface area (Å²) in [4.78, 5) is 16.8. The van der Waals surface area contributed by atoms with Crippen molar-refractivity contribution in [2.24, 2.45) is 7.05 Å². The summed E-state index contributed by atoms with van der Waals surface area (Å²) in [6.07, 6.45) is 2.13. The molecule has 1 atom stereocenters. The van der Waals surface area contributed by atoms with Crippen molar-refractivity contribution in [1.29, 1.82) is 0 Å². The Morgan fingerprint density at radius 3 is 3.04 bits per heavy atom. The van der Waals surface area contributed by atoms with Gasteiger partial charge in [-0.2, -0.15) is 4.98 Å². The van der Waals surface area contributed by atoms with Crippen molar-refractivity contribution in [1.82, 2.24) is 20.0 Å². The number of carbonyl (C=O) groups is 1. The number of hydrogen-bond acceptors (Lipinski definition) is 5. The molecular weight excluding hydrogens is 320 g/mol. The van der Waals surface area contributed by atoms with Crippen LogP contribution in [0.3, 0.4) is 0 Å². The first-order valence-corrected chi connectivity index (χ1v) is 8.14. The van der Waals surface area contributed by atoms with Crippen LogP contribution in [-0.2, 0) is 29.5 Å². The van der Waals surface area contributed by atoms with Crippen LogP contribution in [0.4, 0.5) is 0 Å². The zero-order chi connectivity index (χ0) is 17.2. The maximum atomic E-state index is 12.5. The van der Waals surface area contributed by atoms with E-state index >= 15 is 0 Å². The fourth-order valence-corrected chi connectivity index (χ4v) is 2.99. The molecular formula is C18H18N4O3. The van der Waals surface area contributed by atoms with Crippen molar-refractivity contribution >= 4 is 5.91 Å². The molecule has 128 valence electrons. The number of aromatic nitrogens is 3. The molecule has 1 aliphatic heterocycles. The van der Waals surface area contributed by atoms with Crippen molar-refractivity contribution in [3.05, 3.63) is 59.6 Å². The Hall–Kier alpha value is -2.93. The Balaban J connectivity index is 1.43. The third-order valence-corrected chi connectivity index (χ3v) is 4.29. The monoisotopic (exact) mass is 338 g/mol. The van der Waals surface area contributed by atoms with Crippen LogP contribution in [0.15, 0.2) is 47.1 Å². The zero-order valence-electron chi connectivity index (χ0n) is 13.8. The van der Waals surface area contributed by atoms with E-state index in [9.17, 15) is 4.79 Å². The van der Waals surface area contributed by atoms with E-state index in [1.807, 2.05) is 54.2 Å². The quantitative estimate of drug-likeness (QED) is 0.787. The number of aryl methyl sites for hydroxylation is 1. The Morgan fingerprint density at radius 2 is 2.20 bits per heavy atom. The molecule has 0 radical (unpaired) electrons. The van der Waals surface area contributed by atoms with E-state index in [0.717, 1.165) is 23.2 Å². The molecule has 1 aromatic carbocycles. The maximum Gasteiger partial charge on any atom is 0.254 e. The van der Waals surface area contributed by atoms with Gasteiger partial charge in [0.25, 0.3) is 5.91 Å². The highest BCUT2D eigenvalue weighted by molar-refractivity contribution is 5.82. The molecule has 3 aromatic rings. The molecule has 7 nitrogen and oxygen atoms in total. The minimum atomic E-state index is -0.597. The second-order valence-corrected chi connectivity index (χ2v) is 5.93. The molecule has 1 unspecified atom stereocenters. The lowest BCUT2D eigenvalue weighted by atomic mass is 9.97. The number of carbonyl (C=O) groups excluding carboxylic acids is 1. The number of nitrogens with zero attached hydrogens (tertiary/aromatic N) is 3. The van der Waals surface area contributed by atoms with Crippen molar-refractivity contribution in [2.45, 2.75) is 19.1 Å². The Morgan fingerprint density at radius 1 is 1.32 bits per heavy atom. The minimum Gasteiger partial charge on any atom is -0.363 e. The van der Waals surface area contributed by atoms with Gasteiger partial charge in [-0.15, -0.1) is 0 Å². The standard InChI is InChI=1S/C18H18N4O3/c1-22-9-4-7-14(22)17-20-15(25-21-17)11-19-18(23)16-13-6-3-2-5-12(13)8-10-24-16/h2-7,9,16H,8,10-11H2,1H3,(H,19,23). The fourth-order valence-electron chi connectivity index (χ4n) is 2.99. The van der Waals surface area contributed by atoms with E-state index in [-0.39, 0.29) is 12.5 Å². The van der Waals surface area contributed by atoms with Crippen LogP contribution in [0.2, 0.25) is 0 Å². The first kappa shape index (κ1) is 15.6. The van der Waals surface area contributed by atoms with Crippen LogP contribution >= 0.6 is 0 Å². The van der Waals surface area contributed by atoms with E-state index in [4.69, 9.17) is 9.26 Å². The van der Waals surface area contributed by atoms with E-state index in [0.29, 0.717) is 18.3 Å². The number of hydrogen-bond donors (Lipinski definition) is 1. The van der Waals surface area contributed by atoms with Crippen LogP contribution in [0, 0.1) is 0 Å². The Kier molecular flexibility index (Phi) is 4.07. The number of benzene rings is 1. The van der Waals surface area contributed by atoms with Gasteiger partial charge in [0.15, 0.2) is 6.10 Å².